The van der Waals surface area contributed by atoms with Gasteiger partial charge < -0.3 is 4.90 Å². The van der Waals surface area contributed by atoms with Gasteiger partial charge in [-0.25, -0.2) is 13.1 Å². The second-order valence-electron chi connectivity index (χ2n) is 9.29. The SMILES string of the molecule is CN(Cc1cnn(-c2ccccc2)c1)C(=O)C1CCN(S(=O)(=O)c2ccc3c(c2)CCC3)CC1. The first-order valence-electron chi connectivity index (χ1n) is 11.9. The van der Waals surface area contributed by atoms with Gasteiger partial charge in [-0.05, 0) is 67.5 Å². The maximum absolute atomic E-state index is 13.2. The first-order chi connectivity index (χ1) is 16.4. The molecule has 1 amide bonds. The highest BCUT2D eigenvalue weighted by Crippen LogP contribution is 2.29. The Labute approximate surface area is 201 Å². The lowest BCUT2D eigenvalue weighted by Gasteiger charge is -2.32. The lowest BCUT2D eigenvalue weighted by atomic mass is 9.96. The van der Waals surface area contributed by atoms with Crippen molar-refractivity contribution in [2.24, 2.45) is 5.92 Å². The number of aryl methyl sites for hydroxylation is 2. The van der Waals surface area contributed by atoms with E-state index in [4.69, 9.17) is 0 Å². The van der Waals surface area contributed by atoms with Crippen LogP contribution in [-0.2, 0) is 34.2 Å². The van der Waals surface area contributed by atoms with E-state index in [9.17, 15) is 13.2 Å². The van der Waals surface area contributed by atoms with E-state index in [1.165, 1.54) is 9.87 Å². The Kier molecular flexibility index (Phi) is 6.27. The zero-order chi connectivity index (χ0) is 23.7. The maximum Gasteiger partial charge on any atom is 0.243 e. The normalized spacial score (nSPS) is 17.0. The highest BCUT2D eigenvalue weighted by Gasteiger charge is 2.33. The molecule has 1 aromatic heterocycles. The highest BCUT2D eigenvalue weighted by atomic mass is 32.2. The second-order valence-corrected chi connectivity index (χ2v) is 11.2. The summed E-state index contributed by atoms with van der Waals surface area (Å²) >= 11 is 0. The van der Waals surface area contributed by atoms with Gasteiger partial charge in [-0.1, -0.05) is 24.3 Å². The standard InChI is InChI=1S/C26H30N4O3S/c1-28(18-20-17-27-30(19-20)24-8-3-2-4-9-24)26(31)22-12-14-29(15-13-22)34(32,33)25-11-10-21-6-5-7-23(21)16-25/h2-4,8-11,16-17,19,22H,5-7,12-15,18H2,1H3. The van der Waals surface area contributed by atoms with Crippen molar-refractivity contribution in [2.45, 2.75) is 43.5 Å². The summed E-state index contributed by atoms with van der Waals surface area (Å²) in [5, 5.41) is 4.40. The Hall–Kier alpha value is -2.97. The first-order valence-corrected chi connectivity index (χ1v) is 13.3. The third-order valence-corrected chi connectivity index (χ3v) is 8.86. The molecule has 178 valence electrons. The molecule has 1 aliphatic carbocycles. The van der Waals surface area contributed by atoms with Crippen molar-refractivity contribution < 1.29 is 13.2 Å². The number of sulfonamides is 1. The summed E-state index contributed by atoms with van der Waals surface area (Å²) < 4.78 is 29.7. The molecule has 8 heteroatoms. The number of amides is 1. The van der Waals surface area contributed by atoms with E-state index in [2.05, 4.69) is 5.10 Å². The summed E-state index contributed by atoms with van der Waals surface area (Å²) in [4.78, 5) is 15.2. The van der Waals surface area contributed by atoms with Crippen LogP contribution in [0.5, 0.6) is 0 Å². The van der Waals surface area contributed by atoms with Crippen molar-refractivity contribution in [1.82, 2.24) is 19.0 Å². The molecular weight excluding hydrogens is 448 g/mol. The zero-order valence-corrected chi connectivity index (χ0v) is 20.2. The molecule has 3 aromatic rings. The van der Waals surface area contributed by atoms with Crippen LogP contribution in [0.3, 0.4) is 0 Å². The Morgan fingerprint density at radius 2 is 1.79 bits per heavy atom. The topological polar surface area (TPSA) is 75.5 Å². The van der Waals surface area contributed by atoms with Crippen LogP contribution in [0.15, 0.2) is 65.8 Å². The summed E-state index contributed by atoms with van der Waals surface area (Å²) in [5.74, 6) is -0.109. The number of carbonyl (C=O) groups excluding carboxylic acids is 1. The van der Waals surface area contributed by atoms with Crippen molar-refractivity contribution >= 4 is 15.9 Å². The van der Waals surface area contributed by atoms with Crippen molar-refractivity contribution in [3.05, 3.63) is 77.6 Å². The highest BCUT2D eigenvalue weighted by molar-refractivity contribution is 7.89. The average molecular weight is 479 g/mol. The van der Waals surface area contributed by atoms with Gasteiger partial charge in [-0.3, -0.25) is 4.79 Å². The fourth-order valence-electron chi connectivity index (χ4n) is 5.03. The van der Waals surface area contributed by atoms with Crippen molar-refractivity contribution in [3.63, 3.8) is 0 Å². The number of aromatic nitrogens is 2. The van der Waals surface area contributed by atoms with Gasteiger partial charge in [-0.15, -0.1) is 0 Å². The van der Waals surface area contributed by atoms with Crippen molar-refractivity contribution in [2.75, 3.05) is 20.1 Å². The predicted octanol–water partition coefficient (Wildman–Crippen LogP) is 3.42. The van der Waals surface area contributed by atoms with Crippen LogP contribution in [-0.4, -0.2) is 53.4 Å². The molecule has 0 unspecified atom stereocenters. The smallest absolute Gasteiger partial charge is 0.243 e. The monoisotopic (exact) mass is 478 g/mol. The third-order valence-electron chi connectivity index (χ3n) is 6.96. The first kappa shape index (κ1) is 22.8. The number of benzene rings is 2. The maximum atomic E-state index is 13.2. The molecule has 2 aromatic carbocycles. The van der Waals surface area contributed by atoms with E-state index < -0.39 is 10.0 Å². The molecule has 0 saturated carbocycles. The Balaban J connectivity index is 1.18. The van der Waals surface area contributed by atoms with E-state index in [1.54, 1.807) is 28.9 Å². The molecule has 0 atom stereocenters. The summed E-state index contributed by atoms with van der Waals surface area (Å²) in [6.07, 6.45) is 7.86. The molecule has 34 heavy (non-hydrogen) atoms. The molecule has 0 radical (unpaired) electrons. The Bertz CT molecular complexity index is 1280. The number of piperidine rings is 1. The molecule has 1 aliphatic heterocycles. The van der Waals surface area contributed by atoms with Gasteiger partial charge in [0, 0.05) is 44.4 Å². The quantitative estimate of drug-likeness (QED) is 0.544. The summed E-state index contributed by atoms with van der Waals surface area (Å²) in [6, 6.07) is 15.4. The molecule has 2 aliphatic rings. The van der Waals surface area contributed by atoms with Crippen LogP contribution in [0.4, 0.5) is 0 Å². The van der Waals surface area contributed by atoms with Gasteiger partial charge in [0.1, 0.15) is 0 Å². The molecule has 2 heterocycles. The van der Waals surface area contributed by atoms with Crippen LogP contribution in [0.1, 0.15) is 36.0 Å². The van der Waals surface area contributed by atoms with Crippen LogP contribution >= 0.6 is 0 Å². The number of fused-ring (bicyclic) bond motifs is 1. The largest absolute Gasteiger partial charge is 0.341 e. The van der Waals surface area contributed by atoms with Crippen LogP contribution in [0, 0.1) is 5.92 Å². The minimum absolute atomic E-state index is 0.0574. The van der Waals surface area contributed by atoms with Gasteiger partial charge >= 0.3 is 0 Å². The number of rotatable bonds is 6. The number of carbonyl (C=O) groups is 1. The summed E-state index contributed by atoms with van der Waals surface area (Å²) in [7, 11) is -1.73. The van der Waals surface area contributed by atoms with E-state index in [0.717, 1.165) is 36.1 Å². The molecule has 5 rings (SSSR count). The van der Waals surface area contributed by atoms with Gasteiger partial charge in [0.25, 0.3) is 0 Å². The molecule has 1 saturated heterocycles. The molecule has 0 N–H and O–H groups in total. The number of hydrogen-bond acceptors (Lipinski definition) is 4. The number of hydrogen-bond donors (Lipinski definition) is 0. The molecule has 7 nitrogen and oxygen atoms in total. The van der Waals surface area contributed by atoms with Gasteiger partial charge in [0.15, 0.2) is 0 Å². The number of para-hydroxylation sites is 1. The lowest BCUT2D eigenvalue weighted by Crippen LogP contribution is -2.43. The number of nitrogens with zero attached hydrogens (tertiary/aromatic N) is 4. The second kappa shape index (κ2) is 9.35. The molecule has 0 bridgehead atoms. The van der Waals surface area contributed by atoms with E-state index in [0.29, 0.717) is 37.4 Å². The van der Waals surface area contributed by atoms with Crippen molar-refractivity contribution in [3.8, 4) is 5.69 Å². The molecule has 1 fully saturated rings. The van der Waals surface area contributed by atoms with E-state index in [1.807, 2.05) is 48.7 Å². The minimum atomic E-state index is -3.53. The lowest BCUT2D eigenvalue weighted by molar-refractivity contribution is -0.135. The van der Waals surface area contributed by atoms with Crippen LogP contribution in [0.25, 0.3) is 5.69 Å². The summed E-state index contributed by atoms with van der Waals surface area (Å²) in [6.45, 7) is 1.21. The molecule has 0 spiro atoms. The third kappa shape index (κ3) is 4.52. The van der Waals surface area contributed by atoms with Crippen LogP contribution < -0.4 is 0 Å². The van der Waals surface area contributed by atoms with Gasteiger partial charge in [-0.2, -0.15) is 9.40 Å². The van der Waals surface area contributed by atoms with E-state index >= 15 is 0 Å². The fourth-order valence-corrected chi connectivity index (χ4v) is 6.55. The Morgan fingerprint density at radius 3 is 2.56 bits per heavy atom. The van der Waals surface area contributed by atoms with Crippen molar-refractivity contribution in [1.29, 1.82) is 0 Å². The Morgan fingerprint density at radius 1 is 1.06 bits per heavy atom. The predicted molar refractivity (Wildman–Crippen MR) is 130 cm³/mol. The van der Waals surface area contributed by atoms with Gasteiger partial charge in [0.05, 0.1) is 16.8 Å². The van der Waals surface area contributed by atoms with E-state index in [-0.39, 0.29) is 11.8 Å². The van der Waals surface area contributed by atoms with Crippen LogP contribution in [0.2, 0.25) is 0 Å². The summed E-state index contributed by atoms with van der Waals surface area (Å²) in [5.41, 5.74) is 4.35. The van der Waals surface area contributed by atoms with Gasteiger partial charge in [0.2, 0.25) is 15.9 Å². The molecular formula is C26H30N4O3S. The average Bonchev–Trinajstić information content (AvgIpc) is 3.53. The zero-order valence-electron chi connectivity index (χ0n) is 19.4. The fraction of sp³-hybridized carbons (Fsp3) is 0.385. The minimum Gasteiger partial charge on any atom is -0.341 e.